The topological polar surface area (TPSA) is 89.7 Å². The predicted molar refractivity (Wildman–Crippen MR) is 72.0 cm³/mol. The molecule has 1 saturated carbocycles. The average molecular weight is 279 g/mol. The number of aliphatic carboxylic acids is 1. The molecule has 0 amide bonds. The summed E-state index contributed by atoms with van der Waals surface area (Å²) in [5, 5.41) is 19.7. The summed E-state index contributed by atoms with van der Waals surface area (Å²) >= 11 is 0. The Hall–Kier alpha value is -2.11. The average Bonchev–Trinajstić information content (AvgIpc) is 3.08. The minimum absolute atomic E-state index is 0.0709. The molecule has 0 aromatic heterocycles. The number of hydrogen-bond donors (Lipinski definition) is 1. The summed E-state index contributed by atoms with van der Waals surface area (Å²) in [6.45, 7) is 3.75. The molecular weight excluding hydrogens is 262 g/mol. The Labute approximate surface area is 116 Å². The van der Waals surface area contributed by atoms with Crippen molar-refractivity contribution in [2.45, 2.75) is 33.1 Å². The quantitative estimate of drug-likeness (QED) is 0.638. The van der Waals surface area contributed by atoms with E-state index in [1.807, 2.05) is 0 Å². The van der Waals surface area contributed by atoms with Gasteiger partial charge in [-0.05, 0) is 38.3 Å². The van der Waals surface area contributed by atoms with Crippen LogP contribution in [0.2, 0.25) is 0 Å². The molecule has 1 N–H and O–H groups in total. The van der Waals surface area contributed by atoms with Gasteiger partial charge >= 0.3 is 5.97 Å². The standard InChI is InChI=1S/C14H17NO5/c1-9-6-12(10(2)5-11(9)15(18)19)20-8-14(3-4-14)7-13(16)17/h5-6H,3-4,7-8H2,1-2H3,(H,16,17). The van der Waals surface area contributed by atoms with Crippen LogP contribution in [0.1, 0.15) is 30.4 Å². The molecule has 6 heteroatoms. The molecule has 1 fully saturated rings. The Morgan fingerprint density at radius 1 is 1.40 bits per heavy atom. The maximum atomic E-state index is 10.8. The van der Waals surface area contributed by atoms with Crippen LogP contribution in [0.5, 0.6) is 5.75 Å². The molecule has 0 aliphatic heterocycles. The fraction of sp³-hybridized carbons (Fsp3) is 0.500. The minimum atomic E-state index is -0.817. The number of nitrogens with zero attached hydrogens (tertiary/aromatic N) is 1. The van der Waals surface area contributed by atoms with Crippen molar-refractivity contribution in [2.75, 3.05) is 6.61 Å². The van der Waals surface area contributed by atoms with Crippen molar-refractivity contribution in [2.24, 2.45) is 5.41 Å². The lowest BCUT2D eigenvalue weighted by molar-refractivity contribution is -0.385. The van der Waals surface area contributed by atoms with E-state index in [9.17, 15) is 14.9 Å². The number of carboxylic acid groups (broad SMARTS) is 1. The summed E-state index contributed by atoms with van der Waals surface area (Å²) < 4.78 is 5.69. The molecule has 1 aromatic rings. The maximum Gasteiger partial charge on any atom is 0.304 e. The Kier molecular flexibility index (Phi) is 3.65. The van der Waals surface area contributed by atoms with Crippen LogP contribution < -0.4 is 4.74 Å². The molecule has 0 atom stereocenters. The van der Waals surface area contributed by atoms with Gasteiger partial charge in [0.1, 0.15) is 5.75 Å². The number of aryl methyl sites for hydroxylation is 2. The van der Waals surface area contributed by atoms with Gasteiger partial charge in [-0.3, -0.25) is 14.9 Å². The summed E-state index contributed by atoms with van der Waals surface area (Å²) in [5.41, 5.74) is 1.04. The highest BCUT2D eigenvalue weighted by Crippen LogP contribution is 2.49. The molecule has 0 heterocycles. The van der Waals surface area contributed by atoms with E-state index in [-0.39, 0.29) is 17.5 Å². The zero-order valence-electron chi connectivity index (χ0n) is 11.5. The summed E-state index contributed by atoms with van der Waals surface area (Å²) in [7, 11) is 0. The lowest BCUT2D eigenvalue weighted by Gasteiger charge is -2.16. The van der Waals surface area contributed by atoms with Crippen molar-refractivity contribution in [3.63, 3.8) is 0 Å². The normalized spacial score (nSPS) is 15.7. The minimum Gasteiger partial charge on any atom is -0.493 e. The third-order valence-corrected chi connectivity index (χ3v) is 3.71. The largest absolute Gasteiger partial charge is 0.493 e. The number of nitro benzene ring substituents is 1. The number of ether oxygens (including phenoxy) is 1. The highest BCUT2D eigenvalue weighted by atomic mass is 16.6. The van der Waals surface area contributed by atoms with Gasteiger partial charge < -0.3 is 9.84 Å². The van der Waals surface area contributed by atoms with E-state index < -0.39 is 10.9 Å². The molecule has 6 nitrogen and oxygen atoms in total. The number of nitro groups is 1. The van der Waals surface area contributed by atoms with Crippen LogP contribution in [-0.4, -0.2) is 22.6 Å². The van der Waals surface area contributed by atoms with E-state index >= 15 is 0 Å². The number of rotatable bonds is 6. The number of carbonyl (C=O) groups is 1. The Bertz CT molecular complexity index is 563. The first-order valence-corrected chi connectivity index (χ1v) is 6.43. The molecule has 0 saturated heterocycles. The summed E-state index contributed by atoms with van der Waals surface area (Å²) in [6, 6.07) is 3.13. The third kappa shape index (κ3) is 3.07. The molecule has 0 spiro atoms. The molecule has 108 valence electrons. The number of carboxylic acids is 1. The Morgan fingerprint density at radius 2 is 2.05 bits per heavy atom. The molecule has 1 aromatic carbocycles. The molecular formula is C14H17NO5. The van der Waals surface area contributed by atoms with E-state index in [0.29, 0.717) is 23.5 Å². The molecule has 20 heavy (non-hydrogen) atoms. The van der Waals surface area contributed by atoms with Crippen LogP contribution in [0.25, 0.3) is 0 Å². The van der Waals surface area contributed by atoms with Crippen LogP contribution >= 0.6 is 0 Å². The molecule has 1 aliphatic rings. The maximum absolute atomic E-state index is 10.8. The van der Waals surface area contributed by atoms with Crippen LogP contribution in [-0.2, 0) is 4.79 Å². The second-order valence-electron chi connectivity index (χ2n) is 5.52. The fourth-order valence-corrected chi connectivity index (χ4v) is 2.23. The summed E-state index contributed by atoms with van der Waals surface area (Å²) in [5.74, 6) is -0.229. The molecule has 0 unspecified atom stereocenters. The molecule has 0 radical (unpaired) electrons. The van der Waals surface area contributed by atoms with Gasteiger partial charge in [0.15, 0.2) is 0 Å². The van der Waals surface area contributed by atoms with Crippen LogP contribution in [0.3, 0.4) is 0 Å². The third-order valence-electron chi connectivity index (χ3n) is 3.71. The highest BCUT2D eigenvalue weighted by molar-refractivity contribution is 5.68. The van der Waals surface area contributed by atoms with Crippen LogP contribution in [0.15, 0.2) is 12.1 Å². The zero-order chi connectivity index (χ0) is 14.9. The SMILES string of the molecule is Cc1cc([N+](=O)[O-])c(C)cc1OCC1(CC(=O)O)CC1. The predicted octanol–water partition coefficient (Wildman–Crippen LogP) is 2.85. The fourth-order valence-electron chi connectivity index (χ4n) is 2.23. The van der Waals surface area contributed by atoms with Gasteiger partial charge in [-0.25, -0.2) is 0 Å². The van der Waals surface area contributed by atoms with Gasteiger partial charge in [-0.15, -0.1) is 0 Å². The summed E-state index contributed by atoms with van der Waals surface area (Å²) in [6.07, 6.45) is 1.81. The van der Waals surface area contributed by atoms with E-state index in [1.54, 1.807) is 19.9 Å². The lowest BCUT2D eigenvalue weighted by Crippen LogP contribution is -2.17. The van der Waals surface area contributed by atoms with Crippen LogP contribution in [0.4, 0.5) is 5.69 Å². The van der Waals surface area contributed by atoms with E-state index in [4.69, 9.17) is 9.84 Å². The van der Waals surface area contributed by atoms with Crippen molar-refractivity contribution < 1.29 is 19.6 Å². The van der Waals surface area contributed by atoms with Crippen molar-refractivity contribution in [3.8, 4) is 5.75 Å². The first-order valence-electron chi connectivity index (χ1n) is 6.43. The molecule has 1 aliphatic carbocycles. The van der Waals surface area contributed by atoms with Gasteiger partial charge in [-0.1, -0.05) is 0 Å². The van der Waals surface area contributed by atoms with Gasteiger partial charge in [-0.2, -0.15) is 0 Å². The van der Waals surface area contributed by atoms with E-state index in [2.05, 4.69) is 0 Å². The lowest BCUT2D eigenvalue weighted by atomic mass is 10.0. The second kappa shape index (κ2) is 5.11. The van der Waals surface area contributed by atoms with Crippen LogP contribution in [0, 0.1) is 29.4 Å². The number of hydrogen-bond acceptors (Lipinski definition) is 4. The van der Waals surface area contributed by atoms with Crippen molar-refractivity contribution in [3.05, 3.63) is 33.4 Å². The Morgan fingerprint density at radius 3 is 2.55 bits per heavy atom. The highest BCUT2D eigenvalue weighted by Gasteiger charge is 2.45. The monoisotopic (exact) mass is 279 g/mol. The first kappa shape index (κ1) is 14.3. The smallest absolute Gasteiger partial charge is 0.304 e. The van der Waals surface area contributed by atoms with Gasteiger partial charge in [0, 0.05) is 17.0 Å². The van der Waals surface area contributed by atoms with E-state index in [0.717, 1.165) is 12.8 Å². The van der Waals surface area contributed by atoms with Crippen molar-refractivity contribution in [1.29, 1.82) is 0 Å². The van der Waals surface area contributed by atoms with Gasteiger partial charge in [0.05, 0.1) is 18.0 Å². The molecule has 2 rings (SSSR count). The van der Waals surface area contributed by atoms with Crippen molar-refractivity contribution >= 4 is 11.7 Å². The zero-order valence-corrected chi connectivity index (χ0v) is 11.5. The first-order chi connectivity index (χ1) is 9.33. The van der Waals surface area contributed by atoms with Gasteiger partial charge in [0.2, 0.25) is 0 Å². The van der Waals surface area contributed by atoms with Crippen molar-refractivity contribution in [1.82, 2.24) is 0 Å². The molecule has 0 bridgehead atoms. The summed E-state index contributed by atoms with van der Waals surface area (Å²) in [4.78, 5) is 21.2. The number of benzene rings is 1. The second-order valence-corrected chi connectivity index (χ2v) is 5.52. The van der Waals surface area contributed by atoms with E-state index in [1.165, 1.54) is 6.07 Å². The Balaban J connectivity index is 2.09. The van der Waals surface area contributed by atoms with Gasteiger partial charge in [0.25, 0.3) is 5.69 Å².